The Morgan fingerprint density at radius 2 is 1.61 bits per heavy atom. The second kappa shape index (κ2) is 8.79. The molecule has 0 bridgehead atoms. The van der Waals surface area contributed by atoms with Crippen LogP contribution in [0.4, 0.5) is 0 Å². The summed E-state index contributed by atoms with van der Waals surface area (Å²) in [5, 5.41) is 24.6. The molecule has 0 spiro atoms. The van der Waals surface area contributed by atoms with E-state index in [1.165, 1.54) is 9.70 Å². The number of benzene rings is 3. The number of ether oxygens (including phenoxy) is 1. The summed E-state index contributed by atoms with van der Waals surface area (Å²) in [6, 6.07) is 20.4. The first-order chi connectivity index (χ1) is 16.1. The standard InChI is InChI=1S/C24H21N5O4/c30-17(15-33-21-11-5-7-16-6-1-2-8-18(16)21)14-29-26-22(25-27-29)12-13-28-23(31)19-9-3-4-10-20(19)24(28)32/h1-11,17,30H,12-15H2/t17-/m0/s1. The molecule has 2 heterocycles. The molecule has 1 aliphatic heterocycles. The predicted molar refractivity (Wildman–Crippen MR) is 119 cm³/mol. The normalized spacial score (nSPS) is 14.0. The van der Waals surface area contributed by atoms with Gasteiger partial charge in [0.05, 0.1) is 17.7 Å². The van der Waals surface area contributed by atoms with Crippen LogP contribution in [0.25, 0.3) is 10.8 Å². The largest absolute Gasteiger partial charge is 0.490 e. The lowest BCUT2D eigenvalue weighted by Crippen LogP contribution is -2.32. The van der Waals surface area contributed by atoms with Crippen LogP contribution in [0.3, 0.4) is 0 Å². The third kappa shape index (κ3) is 4.18. The maximum absolute atomic E-state index is 12.4. The molecule has 33 heavy (non-hydrogen) atoms. The number of tetrazole rings is 1. The van der Waals surface area contributed by atoms with Gasteiger partial charge in [-0.1, -0.05) is 48.5 Å². The number of hydrogen-bond donors (Lipinski definition) is 1. The molecule has 1 atom stereocenters. The van der Waals surface area contributed by atoms with E-state index in [-0.39, 0.29) is 37.9 Å². The molecule has 0 unspecified atom stereocenters. The molecule has 0 saturated carbocycles. The first-order valence-electron chi connectivity index (χ1n) is 10.6. The van der Waals surface area contributed by atoms with Crippen LogP contribution in [0.5, 0.6) is 5.75 Å². The Morgan fingerprint density at radius 1 is 0.909 bits per heavy atom. The number of hydrogen-bond acceptors (Lipinski definition) is 7. The van der Waals surface area contributed by atoms with E-state index in [1.807, 2.05) is 42.5 Å². The molecular weight excluding hydrogens is 422 g/mol. The fraction of sp³-hybridized carbons (Fsp3) is 0.208. The van der Waals surface area contributed by atoms with E-state index in [1.54, 1.807) is 24.3 Å². The summed E-state index contributed by atoms with van der Waals surface area (Å²) in [7, 11) is 0. The van der Waals surface area contributed by atoms with Crippen molar-refractivity contribution in [1.82, 2.24) is 25.1 Å². The minimum Gasteiger partial charge on any atom is -0.490 e. The van der Waals surface area contributed by atoms with Gasteiger partial charge in [-0.25, -0.2) is 0 Å². The number of aliphatic hydroxyl groups excluding tert-OH is 1. The maximum atomic E-state index is 12.4. The average Bonchev–Trinajstić information content (AvgIpc) is 3.38. The van der Waals surface area contributed by atoms with E-state index < -0.39 is 6.10 Å². The first kappa shape index (κ1) is 20.8. The zero-order valence-electron chi connectivity index (χ0n) is 17.7. The van der Waals surface area contributed by atoms with Crippen LogP contribution >= 0.6 is 0 Å². The first-order valence-corrected chi connectivity index (χ1v) is 10.6. The molecule has 5 rings (SSSR count). The Bertz CT molecular complexity index is 1290. The second-order valence-electron chi connectivity index (χ2n) is 7.76. The molecule has 0 radical (unpaired) electrons. The highest BCUT2D eigenvalue weighted by molar-refractivity contribution is 6.21. The van der Waals surface area contributed by atoms with Crippen molar-refractivity contribution in [2.45, 2.75) is 19.1 Å². The van der Waals surface area contributed by atoms with Gasteiger partial charge >= 0.3 is 0 Å². The van der Waals surface area contributed by atoms with Crippen molar-refractivity contribution in [1.29, 1.82) is 0 Å². The molecule has 4 aromatic rings. The second-order valence-corrected chi connectivity index (χ2v) is 7.76. The van der Waals surface area contributed by atoms with Crippen molar-refractivity contribution in [3.63, 3.8) is 0 Å². The van der Waals surface area contributed by atoms with Gasteiger partial charge in [-0.15, -0.1) is 10.2 Å². The van der Waals surface area contributed by atoms with Crippen molar-refractivity contribution in [3.05, 3.63) is 83.7 Å². The van der Waals surface area contributed by atoms with Gasteiger partial charge < -0.3 is 9.84 Å². The summed E-state index contributed by atoms with van der Waals surface area (Å²) >= 11 is 0. The van der Waals surface area contributed by atoms with Gasteiger partial charge in [-0.3, -0.25) is 14.5 Å². The molecule has 0 aliphatic carbocycles. The Morgan fingerprint density at radius 3 is 2.39 bits per heavy atom. The molecule has 1 aliphatic rings. The van der Waals surface area contributed by atoms with Gasteiger partial charge in [0, 0.05) is 18.4 Å². The molecule has 2 amide bonds. The summed E-state index contributed by atoms with van der Waals surface area (Å²) in [4.78, 5) is 27.4. The molecule has 9 nitrogen and oxygen atoms in total. The minimum atomic E-state index is -0.845. The van der Waals surface area contributed by atoms with E-state index in [2.05, 4.69) is 15.4 Å². The molecule has 1 aromatic heterocycles. The third-order valence-electron chi connectivity index (χ3n) is 5.49. The van der Waals surface area contributed by atoms with Crippen molar-refractivity contribution in [2.75, 3.05) is 13.2 Å². The van der Waals surface area contributed by atoms with E-state index >= 15 is 0 Å². The minimum absolute atomic E-state index is 0.0694. The van der Waals surface area contributed by atoms with Crippen molar-refractivity contribution in [2.24, 2.45) is 0 Å². The van der Waals surface area contributed by atoms with E-state index in [0.717, 1.165) is 10.8 Å². The van der Waals surface area contributed by atoms with Gasteiger partial charge in [-0.05, 0) is 28.8 Å². The molecule has 0 saturated heterocycles. The van der Waals surface area contributed by atoms with Crippen molar-refractivity contribution < 1.29 is 19.4 Å². The molecule has 9 heteroatoms. The Labute approximate surface area is 189 Å². The average molecular weight is 443 g/mol. The summed E-state index contributed by atoms with van der Waals surface area (Å²) in [6.07, 6.45) is -0.573. The van der Waals surface area contributed by atoms with Crippen LogP contribution in [0, 0.1) is 0 Å². The van der Waals surface area contributed by atoms with Crippen LogP contribution in [-0.2, 0) is 13.0 Å². The highest BCUT2D eigenvalue weighted by atomic mass is 16.5. The summed E-state index contributed by atoms with van der Waals surface area (Å²) < 4.78 is 5.81. The molecular formula is C24H21N5O4. The van der Waals surface area contributed by atoms with E-state index in [4.69, 9.17) is 4.74 Å². The number of carbonyl (C=O) groups is 2. The monoisotopic (exact) mass is 443 g/mol. The number of fused-ring (bicyclic) bond motifs is 2. The smallest absolute Gasteiger partial charge is 0.261 e. The fourth-order valence-corrected chi connectivity index (χ4v) is 3.86. The van der Waals surface area contributed by atoms with Crippen molar-refractivity contribution >= 4 is 22.6 Å². The van der Waals surface area contributed by atoms with Crippen LogP contribution in [0.1, 0.15) is 26.5 Å². The number of imide groups is 1. The van der Waals surface area contributed by atoms with Crippen LogP contribution < -0.4 is 4.74 Å². The van der Waals surface area contributed by atoms with E-state index in [0.29, 0.717) is 22.7 Å². The topological polar surface area (TPSA) is 110 Å². The number of aliphatic hydroxyl groups is 1. The third-order valence-corrected chi connectivity index (χ3v) is 5.49. The Balaban J connectivity index is 1.15. The van der Waals surface area contributed by atoms with Crippen LogP contribution in [0.15, 0.2) is 66.7 Å². The molecule has 0 fully saturated rings. The lowest BCUT2D eigenvalue weighted by Gasteiger charge is -2.13. The van der Waals surface area contributed by atoms with Gasteiger partial charge in [0.25, 0.3) is 11.8 Å². The highest BCUT2D eigenvalue weighted by Gasteiger charge is 2.34. The van der Waals surface area contributed by atoms with Crippen LogP contribution in [-0.4, -0.2) is 61.3 Å². The van der Waals surface area contributed by atoms with Crippen molar-refractivity contribution in [3.8, 4) is 5.75 Å². The van der Waals surface area contributed by atoms with Gasteiger partial charge in [0.15, 0.2) is 5.82 Å². The number of rotatable bonds is 8. The maximum Gasteiger partial charge on any atom is 0.261 e. The Hall–Kier alpha value is -4.11. The highest BCUT2D eigenvalue weighted by Crippen LogP contribution is 2.25. The Kier molecular flexibility index (Phi) is 5.54. The quantitative estimate of drug-likeness (QED) is 0.415. The molecule has 166 valence electrons. The number of aromatic nitrogens is 4. The van der Waals surface area contributed by atoms with Crippen LogP contribution in [0.2, 0.25) is 0 Å². The fourth-order valence-electron chi connectivity index (χ4n) is 3.86. The van der Waals surface area contributed by atoms with Gasteiger partial charge in [0.2, 0.25) is 0 Å². The lowest BCUT2D eigenvalue weighted by atomic mass is 10.1. The number of amides is 2. The number of carbonyl (C=O) groups excluding carboxylic acids is 2. The summed E-state index contributed by atoms with van der Waals surface area (Å²) in [5.41, 5.74) is 0.821. The summed E-state index contributed by atoms with van der Waals surface area (Å²) in [5.74, 6) is 0.446. The molecule has 1 N–H and O–H groups in total. The van der Waals surface area contributed by atoms with E-state index in [9.17, 15) is 14.7 Å². The lowest BCUT2D eigenvalue weighted by molar-refractivity contribution is 0.0655. The van der Waals surface area contributed by atoms with Gasteiger partial charge in [0.1, 0.15) is 18.5 Å². The zero-order valence-corrected chi connectivity index (χ0v) is 17.7. The molecule has 3 aromatic carbocycles. The number of nitrogens with zero attached hydrogens (tertiary/aromatic N) is 5. The van der Waals surface area contributed by atoms with Gasteiger partial charge in [-0.2, -0.15) is 4.80 Å². The zero-order chi connectivity index (χ0) is 22.8. The summed E-state index contributed by atoms with van der Waals surface area (Å²) in [6.45, 7) is 0.329. The predicted octanol–water partition coefficient (Wildman–Crippen LogP) is 2.10. The SMILES string of the molecule is O=C1c2ccccc2C(=O)N1CCc1nnn(C[C@H](O)COc2cccc3ccccc23)n1.